The van der Waals surface area contributed by atoms with Crippen LogP contribution in [0.15, 0.2) is 53.5 Å². The fraction of sp³-hybridized carbons (Fsp3) is 0.368. The van der Waals surface area contributed by atoms with E-state index in [1.807, 2.05) is 23.1 Å². The van der Waals surface area contributed by atoms with Crippen molar-refractivity contribution in [3.05, 3.63) is 70.1 Å². The van der Waals surface area contributed by atoms with Gasteiger partial charge in [0.15, 0.2) is 0 Å². The lowest BCUT2D eigenvalue weighted by atomic mass is 9.89. The smallest absolute Gasteiger partial charge is 0.263 e. The zero-order chi connectivity index (χ0) is 16.7. The molecule has 0 spiro atoms. The van der Waals surface area contributed by atoms with E-state index in [0.29, 0.717) is 18.4 Å². The summed E-state index contributed by atoms with van der Waals surface area (Å²) in [5, 5.41) is 3.44. The normalized spacial score (nSPS) is 24.7. The number of nitrogens with one attached hydrogen (secondary N) is 1. The van der Waals surface area contributed by atoms with Crippen LogP contribution in [0.5, 0.6) is 0 Å². The second-order valence-corrected chi connectivity index (χ2v) is 6.73. The van der Waals surface area contributed by atoms with E-state index in [9.17, 15) is 9.59 Å². The number of hydrogen-bond donors (Lipinski definition) is 1. The number of aryl methyl sites for hydroxylation is 1. The highest BCUT2D eigenvalue weighted by atomic mass is 35.5. The van der Waals surface area contributed by atoms with E-state index in [1.54, 1.807) is 25.4 Å². The zero-order valence-corrected chi connectivity index (χ0v) is 14.9. The number of carbonyl (C=O) groups is 1. The Balaban J connectivity index is 0.00000182. The number of nitrogens with zero attached hydrogens (tertiary/aromatic N) is 2. The van der Waals surface area contributed by atoms with Crippen LogP contribution < -0.4 is 10.9 Å². The van der Waals surface area contributed by atoms with Gasteiger partial charge in [-0.25, -0.2) is 0 Å². The number of halogens is 1. The molecule has 1 amide bonds. The standard InChI is InChI=1S/C19H21N3O2.ClH/c1-21-9-5-8-15(18(21)23)19(24)22-12-14-10-20-11-16(14)17(22)13-6-3-2-4-7-13;/h2-9,14,16-17,20H,10-12H2,1H3;1H/t14-,16-,17+;/m0./s1. The fourth-order valence-electron chi connectivity index (χ4n) is 4.12. The predicted molar refractivity (Wildman–Crippen MR) is 99.0 cm³/mol. The molecule has 3 heterocycles. The number of rotatable bonds is 2. The van der Waals surface area contributed by atoms with Crippen LogP contribution in [-0.2, 0) is 7.05 Å². The molecule has 2 aromatic rings. The highest BCUT2D eigenvalue weighted by Crippen LogP contribution is 2.42. The van der Waals surface area contributed by atoms with E-state index in [2.05, 4.69) is 17.4 Å². The summed E-state index contributed by atoms with van der Waals surface area (Å²) in [6.45, 7) is 2.56. The Labute approximate surface area is 153 Å². The van der Waals surface area contributed by atoms with E-state index in [1.165, 1.54) is 4.57 Å². The van der Waals surface area contributed by atoms with Crippen LogP contribution in [0.3, 0.4) is 0 Å². The molecule has 0 bridgehead atoms. The lowest BCUT2D eigenvalue weighted by Crippen LogP contribution is -2.38. The molecule has 5 nitrogen and oxygen atoms in total. The largest absolute Gasteiger partial charge is 0.331 e. The summed E-state index contributed by atoms with van der Waals surface area (Å²) in [7, 11) is 1.68. The van der Waals surface area contributed by atoms with Crippen molar-refractivity contribution in [1.29, 1.82) is 0 Å². The van der Waals surface area contributed by atoms with Crippen LogP contribution in [0.1, 0.15) is 22.0 Å². The van der Waals surface area contributed by atoms with Crippen molar-refractivity contribution >= 4 is 18.3 Å². The molecule has 3 atom stereocenters. The third kappa shape index (κ3) is 2.98. The van der Waals surface area contributed by atoms with Crippen molar-refractivity contribution in [3.63, 3.8) is 0 Å². The zero-order valence-electron chi connectivity index (χ0n) is 14.1. The molecule has 132 valence electrons. The Morgan fingerprint density at radius 2 is 1.88 bits per heavy atom. The summed E-state index contributed by atoms with van der Waals surface area (Å²) in [5.41, 5.74) is 1.17. The van der Waals surface area contributed by atoms with Gasteiger partial charge in [-0.2, -0.15) is 0 Å². The third-order valence-electron chi connectivity index (χ3n) is 5.32. The number of amides is 1. The molecule has 0 aliphatic carbocycles. The van der Waals surface area contributed by atoms with Crippen LogP contribution in [-0.4, -0.2) is 35.0 Å². The minimum atomic E-state index is -0.232. The number of hydrogen-bond acceptors (Lipinski definition) is 3. The first-order chi connectivity index (χ1) is 11.7. The van der Waals surface area contributed by atoms with Gasteiger partial charge >= 0.3 is 0 Å². The van der Waals surface area contributed by atoms with Gasteiger partial charge in [-0.15, -0.1) is 12.4 Å². The number of likely N-dealkylation sites (tertiary alicyclic amines) is 1. The first-order valence-corrected chi connectivity index (χ1v) is 8.39. The lowest BCUT2D eigenvalue weighted by Gasteiger charge is -2.28. The van der Waals surface area contributed by atoms with Gasteiger partial charge < -0.3 is 14.8 Å². The van der Waals surface area contributed by atoms with Crippen molar-refractivity contribution < 1.29 is 4.79 Å². The number of aromatic nitrogens is 1. The molecular weight excluding hydrogens is 338 g/mol. The van der Waals surface area contributed by atoms with Gasteiger partial charge in [-0.05, 0) is 23.6 Å². The molecule has 2 fully saturated rings. The molecule has 0 radical (unpaired) electrons. The highest BCUT2D eigenvalue weighted by molar-refractivity contribution is 5.94. The average Bonchev–Trinajstić information content (AvgIpc) is 3.18. The third-order valence-corrected chi connectivity index (χ3v) is 5.32. The van der Waals surface area contributed by atoms with Crippen molar-refractivity contribution in [2.45, 2.75) is 6.04 Å². The first kappa shape index (κ1) is 17.7. The Kier molecular flexibility index (Phi) is 4.97. The Morgan fingerprint density at radius 1 is 1.12 bits per heavy atom. The van der Waals surface area contributed by atoms with Crippen LogP contribution in [0, 0.1) is 11.8 Å². The summed E-state index contributed by atoms with van der Waals surface area (Å²) < 4.78 is 1.46. The van der Waals surface area contributed by atoms with Crippen LogP contribution in [0.2, 0.25) is 0 Å². The summed E-state index contributed by atoms with van der Waals surface area (Å²) in [5.74, 6) is 0.704. The summed E-state index contributed by atoms with van der Waals surface area (Å²) in [6.07, 6.45) is 1.68. The highest BCUT2D eigenvalue weighted by Gasteiger charge is 2.47. The number of carbonyl (C=O) groups excluding carboxylic acids is 1. The molecule has 1 aromatic heterocycles. The molecule has 1 aromatic carbocycles. The van der Waals surface area contributed by atoms with Crippen molar-refractivity contribution in [3.8, 4) is 0 Å². The maximum Gasteiger partial charge on any atom is 0.263 e. The van der Waals surface area contributed by atoms with Crippen LogP contribution >= 0.6 is 12.4 Å². The van der Waals surface area contributed by atoms with Crippen molar-refractivity contribution in [2.24, 2.45) is 18.9 Å². The first-order valence-electron chi connectivity index (χ1n) is 8.39. The van der Waals surface area contributed by atoms with Gasteiger partial charge in [0.05, 0.1) is 6.04 Å². The Hall–Kier alpha value is -2.11. The van der Waals surface area contributed by atoms with Gasteiger partial charge in [0.25, 0.3) is 11.5 Å². The average molecular weight is 360 g/mol. The van der Waals surface area contributed by atoms with Gasteiger partial charge in [-0.1, -0.05) is 30.3 Å². The summed E-state index contributed by atoms with van der Waals surface area (Å²) in [4.78, 5) is 27.4. The van der Waals surface area contributed by atoms with Crippen molar-refractivity contribution in [2.75, 3.05) is 19.6 Å². The van der Waals surface area contributed by atoms with E-state index < -0.39 is 0 Å². The van der Waals surface area contributed by atoms with Crippen LogP contribution in [0.4, 0.5) is 0 Å². The second kappa shape index (κ2) is 7.02. The number of pyridine rings is 1. The summed E-state index contributed by atoms with van der Waals surface area (Å²) in [6, 6.07) is 13.6. The van der Waals surface area contributed by atoms with E-state index in [-0.39, 0.29) is 35.5 Å². The topological polar surface area (TPSA) is 54.3 Å². The predicted octanol–water partition coefficient (Wildman–Crippen LogP) is 1.84. The van der Waals surface area contributed by atoms with E-state index >= 15 is 0 Å². The molecule has 2 aliphatic rings. The monoisotopic (exact) mass is 359 g/mol. The van der Waals surface area contributed by atoms with Gasteiger partial charge in [0.1, 0.15) is 5.56 Å². The molecular formula is C19H22ClN3O2. The molecule has 25 heavy (non-hydrogen) atoms. The molecule has 0 saturated carbocycles. The SMILES string of the molecule is Cl.Cn1cccc(C(=O)N2C[C@@H]3CNC[C@@H]3[C@H]2c2ccccc2)c1=O. The van der Waals surface area contributed by atoms with E-state index in [0.717, 1.165) is 18.7 Å². The second-order valence-electron chi connectivity index (χ2n) is 6.73. The maximum absolute atomic E-state index is 13.1. The minimum Gasteiger partial charge on any atom is -0.331 e. The van der Waals surface area contributed by atoms with E-state index in [4.69, 9.17) is 0 Å². The molecule has 2 saturated heterocycles. The molecule has 2 aliphatic heterocycles. The molecule has 0 unspecified atom stereocenters. The molecule has 1 N–H and O–H groups in total. The van der Waals surface area contributed by atoms with Crippen LogP contribution in [0.25, 0.3) is 0 Å². The molecule has 6 heteroatoms. The quantitative estimate of drug-likeness (QED) is 0.890. The minimum absolute atomic E-state index is 0. The van der Waals surface area contributed by atoms with Crippen molar-refractivity contribution in [1.82, 2.24) is 14.8 Å². The van der Waals surface area contributed by atoms with Gasteiger partial charge in [0, 0.05) is 38.8 Å². The Bertz CT molecular complexity index is 821. The van der Waals surface area contributed by atoms with Gasteiger partial charge in [0.2, 0.25) is 0 Å². The molecule has 4 rings (SSSR count). The summed E-state index contributed by atoms with van der Waals surface area (Å²) >= 11 is 0. The number of fused-ring (bicyclic) bond motifs is 1. The maximum atomic E-state index is 13.1. The lowest BCUT2D eigenvalue weighted by molar-refractivity contribution is 0.0711. The van der Waals surface area contributed by atoms with Gasteiger partial charge in [-0.3, -0.25) is 9.59 Å². The number of benzene rings is 1. The Morgan fingerprint density at radius 3 is 2.64 bits per heavy atom. The fourth-order valence-corrected chi connectivity index (χ4v) is 4.12.